The van der Waals surface area contributed by atoms with Gasteiger partial charge in [0.05, 0.1) is 24.1 Å². The number of rotatable bonds is 3. The number of aliphatic carboxylic acids is 1. The highest BCUT2D eigenvalue weighted by Gasteiger charge is 2.25. The molecule has 5 rings (SSSR count). The molecule has 5 nitrogen and oxygen atoms in total. The highest BCUT2D eigenvalue weighted by atomic mass is 19.1. The van der Waals surface area contributed by atoms with Crippen LogP contribution in [0.25, 0.3) is 27.5 Å². The van der Waals surface area contributed by atoms with E-state index in [0.29, 0.717) is 23.5 Å². The van der Waals surface area contributed by atoms with Crippen LogP contribution in [0.3, 0.4) is 0 Å². The number of carboxylic acids is 1. The monoisotopic (exact) mass is 404 g/mol. The van der Waals surface area contributed by atoms with Gasteiger partial charge in [0.15, 0.2) is 11.6 Å². The molecule has 0 unspecified atom stereocenters. The van der Waals surface area contributed by atoms with Gasteiger partial charge in [-0.05, 0) is 61.1 Å². The summed E-state index contributed by atoms with van der Waals surface area (Å²) in [4.78, 5) is 11.7. The third-order valence-corrected chi connectivity index (χ3v) is 5.97. The lowest BCUT2D eigenvalue weighted by Crippen LogP contribution is -2.13. The second kappa shape index (κ2) is 6.83. The number of aryl methyl sites for hydroxylation is 1. The van der Waals surface area contributed by atoms with E-state index in [9.17, 15) is 9.90 Å². The Kier molecular flexibility index (Phi) is 4.24. The molecule has 0 amide bonds. The molecule has 0 fully saturated rings. The second-order valence-electron chi connectivity index (χ2n) is 7.84. The molecule has 2 aromatic carbocycles. The molecule has 0 radical (unpaired) electrons. The molecule has 3 heterocycles. The molecule has 6 heteroatoms. The van der Waals surface area contributed by atoms with Crippen molar-refractivity contribution in [2.45, 2.75) is 33.1 Å². The number of pyridine rings is 1. The first kappa shape index (κ1) is 18.6. The van der Waals surface area contributed by atoms with Crippen molar-refractivity contribution >= 4 is 22.4 Å². The van der Waals surface area contributed by atoms with Gasteiger partial charge in [-0.2, -0.15) is 5.10 Å². The fourth-order valence-corrected chi connectivity index (χ4v) is 4.58. The van der Waals surface area contributed by atoms with E-state index in [-0.39, 0.29) is 6.42 Å². The van der Waals surface area contributed by atoms with E-state index in [4.69, 9.17) is 4.74 Å². The molecule has 0 atom stereocenters. The molecule has 0 bridgehead atoms. The highest BCUT2D eigenvalue weighted by molar-refractivity contribution is 6.04. The Morgan fingerprint density at radius 1 is 1.30 bits per heavy atom. The smallest absolute Gasteiger partial charge is 0.307 e. The number of hydrogen-bond donors (Lipinski definition) is 1. The number of carbonyl (C=O) groups is 1. The number of ether oxygens (including phenoxy) is 1. The molecule has 0 saturated heterocycles. The lowest BCUT2D eigenvalue weighted by atomic mass is 9.87. The third-order valence-electron chi connectivity index (χ3n) is 5.97. The highest BCUT2D eigenvalue weighted by Crippen LogP contribution is 2.42. The van der Waals surface area contributed by atoms with E-state index in [0.717, 1.165) is 51.5 Å². The first-order chi connectivity index (χ1) is 14.5. The maximum Gasteiger partial charge on any atom is 0.307 e. The van der Waals surface area contributed by atoms with Crippen LogP contribution in [0.4, 0.5) is 4.39 Å². The quantitative estimate of drug-likeness (QED) is 0.530. The van der Waals surface area contributed by atoms with Crippen molar-refractivity contribution < 1.29 is 19.0 Å². The molecule has 0 saturated carbocycles. The van der Waals surface area contributed by atoms with E-state index in [1.165, 1.54) is 6.07 Å². The summed E-state index contributed by atoms with van der Waals surface area (Å²) < 4.78 is 22.5. The minimum atomic E-state index is -0.924. The van der Waals surface area contributed by atoms with E-state index in [1.54, 1.807) is 4.52 Å². The van der Waals surface area contributed by atoms with Crippen molar-refractivity contribution in [2.75, 3.05) is 6.61 Å². The van der Waals surface area contributed by atoms with Crippen LogP contribution in [-0.4, -0.2) is 27.3 Å². The normalized spacial score (nSPS) is 13.4. The Bertz CT molecular complexity index is 1340. The van der Waals surface area contributed by atoms with Crippen molar-refractivity contribution in [2.24, 2.45) is 0 Å². The zero-order valence-electron chi connectivity index (χ0n) is 16.8. The number of carboxylic acid groups (broad SMARTS) is 1. The maximum atomic E-state index is 15.1. The number of aromatic nitrogens is 2. The van der Waals surface area contributed by atoms with Gasteiger partial charge < -0.3 is 9.84 Å². The second-order valence-corrected chi connectivity index (χ2v) is 7.84. The van der Waals surface area contributed by atoms with E-state index < -0.39 is 11.8 Å². The number of hydrogen-bond acceptors (Lipinski definition) is 3. The fraction of sp³-hybridized carbons (Fsp3) is 0.250. The van der Waals surface area contributed by atoms with Crippen molar-refractivity contribution in [3.8, 4) is 16.9 Å². The van der Waals surface area contributed by atoms with Gasteiger partial charge in [0.2, 0.25) is 0 Å². The van der Waals surface area contributed by atoms with Crippen LogP contribution in [0.5, 0.6) is 5.75 Å². The molecule has 0 spiro atoms. The number of benzene rings is 2. The van der Waals surface area contributed by atoms with Gasteiger partial charge in [-0.3, -0.25) is 4.79 Å². The Morgan fingerprint density at radius 2 is 2.10 bits per heavy atom. The Labute approximate surface area is 172 Å². The summed E-state index contributed by atoms with van der Waals surface area (Å²) in [5, 5.41) is 15.2. The summed E-state index contributed by atoms with van der Waals surface area (Å²) >= 11 is 0. The summed E-state index contributed by atoms with van der Waals surface area (Å²) in [6.45, 7) is 4.35. The van der Waals surface area contributed by atoms with Gasteiger partial charge in [0, 0.05) is 22.7 Å². The predicted octanol–water partition coefficient (Wildman–Crippen LogP) is 4.86. The van der Waals surface area contributed by atoms with Crippen LogP contribution in [0.2, 0.25) is 0 Å². The molecule has 4 aromatic rings. The van der Waals surface area contributed by atoms with Crippen LogP contribution in [0, 0.1) is 19.7 Å². The van der Waals surface area contributed by atoms with Gasteiger partial charge in [-0.1, -0.05) is 18.2 Å². The number of halogens is 1. The van der Waals surface area contributed by atoms with Crippen molar-refractivity contribution in [3.05, 3.63) is 64.6 Å². The first-order valence-electron chi connectivity index (χ1n) is 10.0. The Morgan fingerprint density at radius 3 is 2.90 bits per heavy atom. The molecular formula is C24H21FN2O3. The van der Waals surface area contributed by atoms with Crippen molar-refractivity contribution in [3.63, 3.8) is 0 Å². The van der Waals surface area contributed by atoms with Gasteiger partial charge in [0.25, 0.3) is 0 Å². The van der Waals surface area contributed by atoms with E-state index >= 15 is 4.39 Å². The summed E-state index contributed by atoms with van der Waals surface area (Å²) in [5.74, 6) is -1.01. The minimum absolute atomic E-state index is 0.147. The predicted molar refractivity (Wildman–Crippen MR) is 113 cm³/mol. The Hall–Kier alpha value is -3.41. The average Bonchev–Trinajstić information content (AvgIpc) is 3.09. The lowest BCUT2D eigenvalue weighted by Gasteiger charge is -2.23. The van der Waals surface area contributed by atoms with E-state index in [2.05, 4.69) is 5.10 Å². The van der Waals surface area contributed by atoms with Gasteiger partial charge in [-0.25, -0.2) is 8.91 Å². The minimum Gasteiger partial charge on any atom is -0.490 e. The number of fused-ring (bicyclic) bond motifs is 4. The number of nitrogens with zero attached hydrogens (tertiary/aromatic N) is 2. The zero-order valence-corrected chi connectivity index (χ0v) is 16.8. The SMILES string of the molecule is Cc1cn2nc3ccccc3c2c(-c2cc(F)c3c(c2C)CCCO3)c1CC(=O)O. The average molecular weight is 404 g/mol. The van der Waals surface area contributed by atoms with Crippen molar-refractivity contribution in [1.82, 2.24) is 9.61 Å². The topological polar surface area (TPSA) is 63.8 Å². The van der Waals surface area contributed by atoms with Gasteiger partial charge in [-0.15, -0.1) is 0 Å². The standard InChI is InChI=1S/C24H21FN2O3/c1-13-12-27-23(16-6-3-4-8-20(16)26-27)22(17(13)11-21(28)29)18-10-19(25)24-15(14(18)2)7-5-9-30-24/h3-4,6,8,10,12H,5,7,9,11H2,1-2H3,(H,28,29). The molecular weight excluding hydrogens is 383 g/mol. The summed E-state index contributed by atoms with van der Waals surface area (Å²) in [7, 11) is 0. The zero-order chi connectivity index (χ0) is 21.0. The molecule has 0 aliphatic carbocycles. The molecule has 1 aliphatic rings. The fourth-order valence-electron chi connectivity index (χ4n) is 4.58. The lowest BCUT2D eigenvalue weighted by molar-refractivity contribution is -0.136. The third kappa shape index (κ3) is 2.75. The van der Waals surface area contributed by atoms with E-state index in [1.807, 2.05) is 44.3 Å². The molecule has 1 N–H and O–H groups in total. The van der Waals surface area contributed by atoms with Gasteiger partial charge in [0.1, 0.15) is 0 Å². The van der Waals surface area contributed by atoms with Crippen LogP contribution in [0.15, 0.2) is 36.5 Å². The van der Waals surface area contributed by atoms with Crippen LogP contribution in [-0.2, 0) is 17.6 Å². The summed E-state index contributed by atoms with van der Waals surface area (Å²) in [5.41, 5.74) is 6.32. The first-order valence-corrected chi connectivity index (χ1v) is 10.0. The summed E-state index contributed by atoms with van der Waals surface area (Å²) in [6, 6.07) is 9.22. The maximum absolute atomic E-state index is 15.1. The molecule has 1 aliphatic heterocycles. The van der Waals surface area contributed by atoms with Crippen LogP contribution in [0.1, 0.15) is 28.7 Å². The molecule has 2 aromatic heterocycles. The molecule has 30 heavy (non-hydrogen) atoms. The largest absolute Gasteiger partial charge is 0.490 e. The van der Waals surface area contributed by atoms with Crippen molar-refractivity contribution in [1.29, 1.82) is 0 Å². The van der Waals surface area contributed by atoms with Crippen LogP contribution >= 0.6 is 0 Å². The Balaban J connectivity index is 1.94. The molecule has 152 valence electrons. The summed E-state index contributed by atoms with van der Waals surface area (Å²) in [6.07, 6.45) is 3.27. The van der Waals surface area contributed by atoms with Gasteiger partial charge >= 0.3 is 5.97 Å². The van der Waals surface area contributed by atoms with Crippen LogP contribution < -0.4 is 4.74 Å².